The molecular weight excluding hydrogens is 417 g/mol. The van der Waals surface area contributed by atoms with Gasteiger partial charge in [0, 0.05) is 35.9 Å². The topological polar surface area (TPSA) is 51.5 Å². The van der Waals surface area contributed by atoms with Gasteiger partial charge < -0.3 is 14.4 Å². The van der Waals surface area contributed by atoms with E-state index in [1.807, 2.05) is 19.1 Å². The van der Waals surface area contributed by atoms with Crippen molar-refractivity contribution in [1.29, 1.82) is 0 Å². The lowest BCUT2D eigenvalue weighted by atomic mass is 9.82. The number of halogens is 1. The van der Waals surface area contributed by atoms with Gasteiger partial charge in [-0.25, -0.2) is 4.39 Å². The first-order chi connectivity index (χ1) is 16.1. The summed E-state index contributed by atoms with van der Waals surface area (Å²) < 4.78 is 22.2. The predicted octanol–water partition coefficient (Wildman–Crippen LogP) is 6.80. The summed E-state index contributed by atoms with van der Waals surface area (Å²) >= 11 is 0. The quantitative estimate of drug-likeness (QED) is 0.444. The molecule has 0 unspecified atom stereocenters. The highest BCUT2D eigenvalue weighted by molar-refractivity contribution is 5.87. The number of carbonyl (C=O) groups is 1. The van der Waals surface area contributed by atoms with Gasteiger partial charge >= 0.3 is 0 Å². The van der Waals surface area contributed by atoms with Crippen LogP contribution in [0.5, 0.6) is 0 Å². The van der Waals surface area contributed by atoms with Gasteiger partial charge in [-0.1, -0.05) is 50.3 Å². The lowest BCUT2D eigenvalue weighted by molar-refractivity contribution is -0.122. The molecule has 2 aromatic carbocycles. The van der Waals surface area contributed by atoms with E-state index in [2.05, 4.69) is 28.8 Å². The van der Waals surface area contributed by atoms with E-state index in [1.165, 1.54) is 60.7 Å². The van der Waals surface area contributed by atoms with Gasteiger partial charge in [-0.2, -0.15) is 0 Å². The molecule has 0 amide bonds. The summed E-state index contributed by atoms with van der Waals surface area (Å²) in [5.41, 5.74) is 6.04. The van der Waals surface area contributed by atoms with E-state index in [1.54, 1.807) is 6.07 Å². The Morgan fingerprint density at radius 3 is 2.45 bits per heavy atom. The Morgan fingerprint density at radius 1 is 1.06 bits per heavy atom. The lowest BCUT2D eigenvalue weighted by Gasteiger charge is -2.27. The largest absolute Gasteiger partial charge is 0.483 e. The van der Waals surface area contributed by atoms with E-state index in [0.29, 0.717) is 11.5 Å². The standard InChI is InChI=1S/C27H32FNO.CH2O2/c1-19-17-22(11-12-25(19)28)29-26-10-6-5-9-23(26)24(18-20-7-3-2-4-8-20)27(29)21-13-15-30-16-14-21;2-1-3/h5-6,9-12,17,20-21H,2-4,7-8,13-16,18H2,1H3;1H,(H,2,3). The number of aryl methyl sites for hydroxylation is 1. The molecule has 1 saturated heterocycles. The maximum atomic E-state index is 14.1. The summed E-state index contributed by atoms with van der Waals surface area (Å²) in [7, 11) is 0. The Hall–Kier alpha value is -2.66. The third kappa shape index (κ3) is 5.14. The third-order valence-electron chi connectivity index (χ3n) is 7.25. The van der Waals surface area contributed by atoms with Crippen molar-refractivity contribution in [2.75, 3.05) is 13.2 Å². The monoisotopic (exact) mass is 451 g/mol. The molecule has 0 bridgehead atoms. The molecule has 1 aliphatic heterocycles. The average Bonchev–Trinajstić information content (AvgIpc) is 3.17. The lowest BCUT2D eigenvalue weighted by Crippen LogP contribution is -2.19. The van der Waals surface area contributed by atoms with Gasteiger partial charge in [0.15, 0.2) is 0 Å². The summed E-state index contributed by atoms with van der Waals surface area (Å²) in [6.07, 6.45) is 10.1. The fourth-order valence-corrected chi connectivity index (χ4v) is 5.67. The molecule has 2 heterocycles. The third-order valence-corrected chi connectivity index (χ3v) is 7.25. The Morgan fingerprint density at radius 2 is 1.76 bits per heavy atom. The number of hydrogen-bond donors (Lipinski definition) is 1. The van der Waals surface area contributed by atoms with Gasteiger partial charge in [-0.15, -0.1) is 0 Å². The Labute approximate surface area is 195 Å². The maximum Gasteiger partial charge on any atom is 0.290 e. The summed E-state index contributed by atoms with van der Waals surface area (Å²) in [5.74, 6) is 1.15. The summed E-state index contributed by atoms with van der Waals surface area (Å²) in [5, 5.41) is 8.27. The Kier molecular flexibility index (Phi) is 7.81. The van der Waals surface area contributed by atoms with Crippen LogP contribution in [0.25, 0.3) is 16.6 Å². The number of hydrogen-bond acceptors (Lipinski definition) is 2. The van der Waals surface area contributed by atoms with Crippen molar-refractivity contribution in [1.82, 2.24) is 4.57 Å². The SMILES string of the molecule is Cc1cc(-n2c(C3CCOCC3)c(CC3CCCCC3)c3ccccc32)ccc1F.O=CO. The molecule has 3 aromatic rings. The number of nitrogens with zero attached hydrogens (tertiary/aromatic N) is 1. The second kappa shape index (κ2) is 11.0. The van der Waals surface area contributed by atoms with E-state index in [-0.39, 0.29) is 12.3 Å². The van der Waals surface area contributed by atoms with Gasteiger partial charge in [0.25, 0.3) is 6.47 Å². The molecule has 0 spiro atoms. The van der Waals surface area contributed by atoms with Crippen molar-refractivity contribution in [2.45, 2.75) is 64.2 Å². The number of ether oxygens (including phenoxy) is 1. The molecule has 5 rings (SSSR count). The zero-order chi connectivity index (χ0) is 23.2. The number of fused-ring (bicyclic) bond motifs is 1. The van der Waals surface area contributed by atoms with Crippen molar-refractivity contribution in [3.05, 3.63) is 65.1 Å². The molecule has 2 fully saturated rings. The highest BCUT2D eigenvalue weighted by Gasteiger charge is 2.28. The van der Waals surface area contributed by atoms with Crippen LogP contribution in [-0.4, -0.2) is 29.4 Å². The van der Waals surface area contributed by atoms with Gasteiger partial charge in [0.1, 0.15) is 5.82 Å². The fraction of sp³-hybridized carbons (Fsp3) is 0.464. The van der Waals surface area contributed by atoms with Crippen LogP contribution in [0.15, 0.2) is 42.5 Å². The van der Waals surface area contributed by atoms with Crippen molar-refractivity contribution >= 4 is 17.4 Å². The molecular formula is C28H34FNO3. The van der Waals surface area contributed by atoms with E-state index in [4.69, 9.17) is 14.6 Å². The maximum absolute atomic E-state index is 14.1. The van der Waals surface area contributed by atoms with Crippen LogP contribution in [0.3, 0.4) is 0 Å². The molecule has 1 aromatic heterocycles. The van der Waals surface area contributed by atoms with Crippen LogP contribution in [0.1, 0.15) is 67.7 Å². The smallest absolute Gasteiger partial charge is 0.290 e. The number of aromatic nitrogens is 1. The second-order valence-corrected chi connectivity index (χ2v) is 9.35. The zero-order valence-corrected chi connectivity index (χ0v) is 19.4. The highest BCUT2D eigenvalue weighted by Crippen LogP contribution is 2.41. The van der Waals surface area contributed by atoms with Gasteiger partial charge in [0.05, 0.1) is 5.52 Å². The van der Waals surface area contributed by atoms with Crippen LogP contribution in [0.4, 0.5) is 4.39 Å². The van der Waals surface area contributed by atoms with E-state index in [0.717, 1.165) is 37.7 Å². The van der Waals surface area contributed by atoms with Crippen molar-refractivity contribution < 1.29 is 19.0 Å². The molecule has 176 valence electrons. The van der Waals surface area contributed by atoms with E-state index in [9.17, 15) is 4.39 Å². The molecule has 1 saturated carbocycles. The Balaban J connectivity index is 0.000000821. The number of para-hydroxylation sites is 1. The van der Waals surface area contributed by atoms with Gasteiger partial charge in [-0.05, 0) is 67.5 Å². The van der Waals surface area contributed by atoms with E-state index < -0.39 is 0 Å². The van der Waals surface area contributed by atoms with Crippen molar-refractivity contribution in [2.24, 2.45) is 5.92 Å². The van der Waals surface area contributed by atoms with Crippen LogP contribution in [-0.2, 0) is 16.0 Å². The van der Waals surface area contributed by atoms with Gasteiger partial charge in [-0.3, -0.25) is 4.79 Å². The van der Waals surface area contributed by atoms with Crippen LogP contribution in [0, 0.1) is 18.7 Å². The van der Waals surface area contributed by atoms with Crippen LogP contribution < -0.4 is 0 Å². The first kappa shape index (κ1) is 23.5. The highest BCUT2D eigenvalue weighted by atomic mass is 19.1. The molecule has 0 radical (unpaired) electrons. The van der Waals surface area contributed by atoms with Gasteiger partial charge in [0.2, 0.25) is 0 Å². The predicted molar refractivity (Wildman–Crippen MR) is 130 cm³/mol. The zero-order valence-electron chi connectivity index (χ0n) is 19.4. The molecule has 1 N–H and O–H groups in total. The number of carboxylic acid groups (broad SMARTS) is 1. The summed E-state index contributed by atoms with van der Waals surface area (Å²) in [4.78, 5) is 8.36. The van der Waals surface area contributed by atoms with Crippen molar-refractivity contribution in [3.8, 4) is 5.69 Å². The molecule has 2 aliphatic rings. The number of benzene rings is 2. The average molecular weight is 452 g/mol. The minimum atomic E-state index is -0.250. The Bertz CT molecular complexity index is 1080. The molecule has 4 nitrogen and oxygen atoms in total. The fourth-order valence-electron chi connectivity index (χ4n) is 5.67. The summed E-state index contributed by atoms with van der Waals surface area (Å²) in [6.45, 7) is 3.27. The minimum absolute atomic E-state index is 0.134. The molecule has 1 aliphatic carbocycles. The number of rotatable bonds is 4. The minimum Gasteiger partial charge on any atom is -0.483 e. The normalized spacial score (nSPS) is 17.5. The molecule has 33 heavy (non-hydrogen) atoms. The summed E-state index contributed by atoms with van der Waals surface area (Å²) in [6, 6.07) is 14.4. The van der Waals surface area contributed by atoms with Crippen molar-refractivity contribution in [3.63, 3.8) is 0 Å². The van der Waals surface area contributed by atoms with Crippen LogP contribution >= 0.6 is 0 Å². The molecule has 0 atom stereocenters. The van der Waals surface area contributed by atoms with E-state index >= 15 is 0 Å². The van der Waals surface area contributed by atoms with Crippen LogP contribution in [0.2, 0.25) is 0 Å². The second-order valence-electron chi connectivity index (χ2n) is 9.35. The first-order valence-corrected chi connectivity index (χ1v) is 12.2. The first-order valence-electron chi connectivity index (χ1n) is 12.2. The molecule has 5 heteroatoms.